The van der Waals surface area contributed by atoms with E-state index in [0.717, 1.165) is 34.4 Å². The molecular weight excluding hydrogens is 410 g/mol. The third-order valence-electron chi connectivity index (χ3n) is 4.04. The van der Waals surface area contributed by atoms with E-state index in [4.69, 9.17) is 4.52 Å². The van der Waals surface area contributed by atoms with E-state index in [-0.39, 0.29) is 0 Å². The van der Waals surface area contributed by atoms with Gasteiger partial charge >= 0.3 is 0 Å². The van der Waals surface area contributed by atoms with Crippen LogP contribution in [0.15, 0.2) is 50.6 Å². The molecule has 0 aliphatic heterocycles. The minimum atomic E-state index is 0.573. The van der Waals surface area contributed by atoms with Gasteiger partial charge in [-0.3, -0.25) is 0 Å². The Morgan fingerprint density at radius 1 is 1.14 bits per heavy atom. The Morgan fingerprint density at radius 3 is 2.82 bits per heavy atom. The minimum absolute atomic E-state index is 0.573. The van der Waals surface area contributed by atoms with Crippen molar-refractivity contribution in [1.29, 1.82) is 0 Å². The highest BCUT2D eigenvalue weighted by Gasteiger charge is 2.11. The Hall–Kier alpha value is -2.23. The number of aryl methyl sites for hydroxylation is 1. The van der Waals surface area contributed by atoms with Crippen molar-refractivity contribution in [1.82, 2.24) is 20.3 Å². The lowest BCUT2D eigenvalue weighted by Crippen LogP contribution is -2.03. The third-order valence-corrected chi connectivity index (χ3v) is 6.98. The zero-order chi connectivity index (χ0) is 19.2. The molecule has 0 spiro atoms. The fourth-order valence-corrected chi connectivity index (χ4v) is 4.85. The minimum Gasteiger partial charge on any atom is -0.360 e. The van der Waals surface area contributed by atoms with Crippen molar-refractivity contribution in [3.05, 3.63) is 58.1 Å². The summed E-state index contributed by atoms with van der Waals surface area (Å²) in [6.45, 7) is 2.99. The molecule has 0 unspecified atom stereocenters. The van der Waals surface area contributed by atoms with Crippen molar-refractivity contribution in [2.75, 3.05) is 11.9 Å². The van der Waals surface area contributed by atoms with Crippen LogP contribution in [-0.2, 0) is 18.6 Å². The number of rotatable bonds is 9. The summed E-state index contributed by atoms with van der Waals surface area (Å²) < 4.78 is 6.25. The maximum Gasteiger partial charge on any atom is 0.237 e. The van der Waals surface area contributed by atoms with E-state index in [1.54, 1.807) is 23.1 Å². The van der Waals surface area contributed by atoms with E-state index in [1.807, 2.05) is 12.1 Å². The Morgan fingerprint density at radius 2 is 2.04 bits per heavy atom. The zero-order valence-electron chi connectivity index (χ0n) is 15.3. The average Bonchev–Trinajstić information content (AvgIpc) is 3.49. The van der Waals surface area contributed by atoms with Gasteiger partial charge in [0.1, 0.15) is 0 Å². The molecule has 0 aliphatic rings. The van der Waals surface area contributed by atoms with Crippen LogP contribution in [0.25, 0.3) is 11.4 Å². The summed E-state index contributed by atoms with van der Waals surface area (Å²) in [4.78, 5) is 5.84. The van der Waals surface area contributed by atoms with Crippen LogP contribution in [0.4, 0.5) is 5.13 Å². The summed E-state index contributed by atoms with van der Waals surface area (Å²) in [6.07, 6.45) is 2.00. The number of nitrogens with zero attached hydrogens (tertiary/aromatic N) is 4. The predicted octanol–water partition coefficient (Wildman–Crippen LogP) is 5.16. The quantitative estimate of drug-likeness (QED) is 0.368. The molecule has 9 heteroatoms. The summed E-state index contributed by atoms with van der Waals surface area (Å²) in [5, 5.41) is 18.7. The lowest BCUT2D eigenvalue weighted by molar-refractivity contribution is 0.391. The molecule has 0 fully saturated rings. The van der Waals surface area contributed by atoms with Crippen LogP contribution >= 0.6 is 34.4 Å². The van der Waals surface area contributed by atoms with Gasteiger partial charge in [0.15, 0.2) is 4.34 Å². The molecule has 0 saturated carbocycles. The van der Waals surface area contributed by atoms with Crippen LogP contribution in [0.1, 0.15) is 23.3 Å². The van der Waals surface area contributed by atoms with Gasteiger partial charge in [-0.2, -0.15) is 4.98 Å². The second-order valence-corrected chi connectivity index (χ2v) is 9.21. The van der Waals surface area contributed by atoms with E-state index >= 15 is 0 Å². The second kappa shape index (κ2) is 9.31. The van der Waals surface area contributed by atoms with Crippen molar-refractivity contribution >= 4 is 39.6 Å². The van der Waals surface area contributed by atoms with Crippen molar-refractivity contribution in [2.24, 2.45) is 0 Å². The normalized spacial score (nSPS) is 11.0. The van der Waals surface area contributed by atoms with E-state index in [1.165, 1.54) is 21.8 Å². The number of hydrogen-bond acceptors (Lipinski definition) is 9. The van der Waals surface area contributed by atoms with E-state index < -0.39 is 0 Å². The van der Waals surface area contributed by atoms with Crippen LogP contribution in [0.5, 0.6) is 0 Å². The molecule has 0 aliphatic carbocycles. The summed E-state index contributed by atoms with van der Waals surface area (Å²) >= 11 is 4.86. The SMILES string of the molecule is CCc1ccc(-c2noc(CSc3nnc(NCCc4cccs4)s3)n2)cc1. The molecule has 4 rings (SSSR count). The first kappa shape index (κ1) is 19.1. The smallest absolute Gasteiger partial charge is 0.237 e. The summed E-state index contributed by atoms with van der Waals surface area (Å²) in [7, 11) is 0. The molecule has 0 bridgehead atoms. The molecule has 144 valence electrons. The predicted molar refractivity (Wildman–Crippen MR) is 115 cm³/mol. The van der Waals surface area contributed by atoms with Gasteiger partial charge in [-0.1, -0.05) is 65.5 Å². The lowest BCUT2D eigenvalue weighted by atomic mass is 10.1. The zero-order valence-corrected chi connectivity index (χ0v) is 17.7. The second-order valence-electron chi connectivity index (χ2n) is 5.98. The standard InChI is InChI=1S/C19H19N5OS3/c1-2-13-5-7-14(8-6-13)17-21-16(25-24-17)12-27-19-23-22-18(28-19)20-10-9-15-4-3-11-26-15/h3-8,11H,2,9-10,12H2,1H3,(H,20,22). The Labute approximate surface area is 175 Å². The van der Waals surface area contributed by atoms with Crippen molar-refractivity contribution in [3.8, 4) is 11.4 Å². The summed E-state index contributed by atoms with van der Waals surface area (Å²) in [6, 6.07) is 12.5. The first-order chi connectivity index (χ1) is 13.8. The Balaban J connectivity index is 1.27. The number of anilines is 1. The molecule has 6 nitrogen and oxygen atoms in total. The Bertz CT molecular complexity index is 995. The fraction of sp³-hybridized carbons (Fsp3) is 0.263. The number of benzene rings is 1. The van der Waals surface area contributed by atoms with Crippen LogP contribution in [0, 0.1) is 0 Å². The van der Waals surface area contributed by atoms with Crippen molar-refractivity contribution in [2.45, 2.75) is 29.9 Å². The summed E-state index contributed by atoms with van der Waals surface area (Å²) in [5.41, 5.74) is 2.25. The molecule has 0 amide bonds. The molecule has 0 atom stereocenters. The number of nitrogens with one attached hydrogen (secondary N) is 1. The van der Waals surface area contributed by atoms with Gasteiger partial charge in [0.2, 0.25) is 16.8 Å². The summed E-state index contributed by atoms with van der Waals surface area (Å²) in [5.74, 6) is 1.78. The maximum absolute atomic E-state index is 5.37. The lowest BCUT2D eigenvalue weighted by Gasteiger charge is -1.98. The molecule has 0 saturated heterocycles. The molecular formula is C19H19N5OS3. The monoisotopic (exact) mass is 429 g/mol. The molecule has 4 aromatic rings. The van der Waals surface area contributed by atoms with Gasteiger partial charge < -0.3 is 9.84 Å². The van der Waals surface area contributed by atoms with Gasteiger partial charge in [-0.15, -0.1) is 21.5 Å². The first-order valence-corrected chi connectivity index (χ1v) is 11.6. The van der Waals surface area contributed by atoms with E-state index in [0.29, 0.717) is 17.5 Å². The average molecular weight is 430 g/mol. The van der Waals surface area contributed by atoms with E-state index in [2.05, 4.69) is 62.2 Å². The topological polar surface area (TPSA) is 76.7 Å². The van der Waals surface area contributed by atoms with Gasteiger partial charge in [0.05, 0.1) is 5.75 Å². The number of aromatic nitrogens is 4. The van der Waals surface area contributed by atoms with Crippen LogP contribution in [-0.4, -0.2) is 26.9 Å². The first-order valence-electron chi connectivity index (χ1n) is 8.94. The van der Waals surface area contributed by atoms with Crippen molar-refractivity contribution in [3.63, 3.8) is 0 Å². The van der Waals surface area contributed by atoms with Crippen LogP contribution in [0.3, 0.4) is 0 Å². The highest BCUT2D eigenvalue weighted by molar-refractivity contribution is 8.00. The molecule has 1 aromatic carbocycles. The molecule has 3 heterocycles. The molecule has 28 heavy (non-hydrogen) atoms. The van der Waals surface area contributed by atoms with E-state index in [9.17, 15) is 0 Å². The fourth-order valence-electron chi connectivity index (χ4n) is 2.53. The van der Waals surface area contributed by atoms with Gasteiger partial charge in [-0.25, -0.2) is 0 Å². The van der Waals surface area contributed by atoms with Gasteiger partial charge in [-0.05, 0) is 29.9 Å². The highest BCUT2D eigenvalue weighted by Crippen LogP contribution is 2.28. The number of thiophene rings is 1. The molecule has 0 radical (unpaired) electrons. The van der Waals surface area contributed by atoms with Gasteiger partial charge in [0.25, 0.3) is 0 Å². The Kier molecular flexibility index (Phi) is 6.35. The largest absolute Gasteiger partial charge is 0.360 e. The van der Waals surface area contributed by atoms with Crippen LogP contribution < -0.4 is 5.32 Å². The number of thioether (sulfide) groups is 1. The number of hydrogen-bond donors (Lipinski definition) is 1. The van der Waals surface area contributed by atoms with Crippen LogP contribution in [0.2, 0.25) is 0 Å². The van der Waals surface area contributed by atoms with Crippen molar-refractivity contribution < 1.29 is 4.52 Å². The molecule has 1 N–H and O–H groups in total. The highest BCUT2D eigenvalue weighted by atomic mass is 32.2. The third kappa shape index (κ3) is 4.98. The maximum atomic E-state index is 5.37. The molecule has 3 aromatic heterocycles. The van der Waals surface area contributed by atoms with Gasteiger partial charge in [0, 0.05) is 17.0 Å².